The van der Waals surface area contributed by atoms with Crippen LogP contribution in [0.1, 0.15) is 41.1 Å². The maximum atomic E-state index is 8.98. The molecule has 1 aliphatic rings. The van der Waals surface area contributed by atoms with Crippen LogP contribution in [0.5, 0.6) is 0 Å². The molecule has 3 heteroatoms. The molecule has 0 aliphatic carbocycles. The second-order valence-electron chi connectivity index (χ2n) is 4.89. The minimum Gasteiger partial charge on any atom is -0.334 e. The normalized spacial score (nSPS) is 18.1. The predicted molar refractivity (Wildman–Crippen MR) is 69.2 cm³/mol. The maximum absolute atomic E-state index is 8.98. The van der Waals surface area contributed by atoms with Crippen LogP contribution < -0.4 is 0 Å². The number of nitriles is 1. The largest absolute Gasteiger partial charge is 0.334 e. The smallest absolute Gasteiger partial charge is 0.0994 e. The summed E-state index contributed by atoms with van der Waals surface area (Å²) in [6, 6.07) is 8.38. The summed E-state index contributed by atoms with van der Waals surface area (Å²) in [7, 11) is 0. The number of rotatable bonds is 1. The second kappa shape index (κ2) is 4.30. The molecular weight excluding hydrogens is 222 g/mol. The van der Waals surface area contributed by atoms with E-state index in [9.17, 15) is 0 Å². The lowest BCUT2D eigenvalue weighted by molar-refractivity contribution is 0.491. The molecule has 1 atom stereocenters. The highest BCUT2D eigenvalue weighted by Crippen LogP contribution is 2.33. The fourth-order valence-electron chi connectivity index (χ4n) is 2.79. The molecule has 1 aromatic carbocycles. The molecule has 0 saturated heterocycles. The molecule has 90 valence electrons. The summed E-state index contributed by atoms with van der Waals surface area (Å²) in [5.41, 5.74) is 4.42. The van der Waals surface area contributed by atoms with E-state index in [-0.39, 0.29) is 0 Å². The van der Waals surface area contributed by atoms with Gasteiger partial charge in [0.05, 0.1) is 18.0 Å². The number of imidazole rings is 1. The Labute approximate surface area is 107 Å². The quantitative estimate of drug-likeness (QED) is 0.765. The SMILES string of the molecule is Cc1cc(C2CCCn3cncc32)ccc1C#N. The second-order valence-corrected chi connectivity index (χ2v) is 4.89. The summed E-state index contributed by atoms with van der Waals surface area (Å²) < 4.78 is 2.24. The van der Waals surface area contributed by atoms with Crippen molar-refractivity contribution in [2.24, 2.45) is 0 Å². The van der Waals surface area contributed by atoms with Crippen LogP contribution >= 0.6 is 0 Å². The lowest BCUT2D eigenvalue weighted by Gasteiger charge is -2.24. The Hall–Kier alpha value is -2.08. The molecule has 1 unspecified atom stereocenters. The minimum absolute atomic E-state index is 0.424. The zero-order valence-corrected chi connectivity index (χ0v) is 10.4. The minimum atomic E-state index is 0.424. The summed E-state index contributed by atoms with van der Waals surface area (Å²) in [6.07, 6.45) is 6.24. The monoisotopic (exact) mass is 237 g/mol. The van der Waals surface area contributed by atoms with Crippen molar-refractivity contribution in [1.29, 1.82) is 5.26 Å². The van der Waals surface area contributed by atoms with Crippen LogP contribution in [0, 0.1) is 18.3 Å². The third kappa shape index (κ3) is 1.70. The Bertz CT molecular complexity index is 619. The molecule has 0 radical (unpaired) electrons. The standard InChI is InChI=1S/C15H15N3/c1-11-7-12(4-5-13(11)8-16)14-3-2-6-18-10-17-9-15(14)18/h4-5,7,9-10,14H,2-3,6H2,1H3. The number of aromatic nitrogens is 2. The highest BCUT2D eigenvalue weighted by molar-refractivity contribution is 5.42. The van der Waals surface area contributed by atoms with Crippen molar-refractivity contribution in [2.45, 2.75) is 32.2 Å². The summed E-state index contributed by atoms with van der Waals surface area (Å²) >= 11 is 0. The van der Waals surface area contributed by atoms with Crippen LogP contribution in [-0.2, 0) is 6.54 Å². The van der Waals surface area contributed by atoms with Crippen molar-refractivity contribution in [1.82, 2.24) is 9.55 Å². The van der Waals surface area contributed by atoms with Crippen molar-refractivity contribution in [2.75, 3.05) is 0 Å². The first-order chi connectivity index (χ1) is 8.79. The number of aryl methyl sites for hydroxylation is 2. The average molecular weight is 237 g/mol. The lowest BCUT2D eigenvalue weighted by Crippen LogP contribution is -2.15. The molecule has 0 N–H and O–H groups in total. The van der Waals surface area contributed by atoms with Crippen LogP contribution in [-0.4, -0.2) is 9.55 Å². The zero-order chi connectivity index (χ0) is 12.5. The van der Waals surface area contributed by atoms with Gasteiger partial charge in [-0.25, -0.2) is 4.98 Å². The lowest BCUT2D eigenvalue weighted by atomic mass is 9.87. The molecule has 0 bridgehead atoms. The van der Waals surface area contributed by atoms with Crippen molar-refractivity contribution in [3.63, 3.8) is 0 Å². The fraction of sp³-hybridized carbons (Fsp3) is 0.333. The van der Waals surface area contributed by atoms with E-state index in [1.165, 1.54) is 17.7 Å². The molecule has 1 aromatic heterocycles. The van der Waals surface area contributed by atoms with Crippen molar-refractivity contribution in [3.8, 4) is 6.07 Å². The Morgan fingerprint density at radius 2 is 2.33 bits per heavy atom. The van der Waals surface area contributed by atoms with Gasteiger partial charge in [0.15, 0.2) is 0 Å². The van der Waals surface area contributed by atoms with E-state index in [1.54, 1.807) is 0 Å². The van der Waals surface area contributed by atoms with Gasteiger partial charge in [-0.05, 0) is 37.0 Å². The van der Waals surface area contributed by atoms with Gasteiger partial charge in [0.1, 0.15) is 0 Å². The van der Waals surface area contributed by atoms with Gasteiger partial charge in [0.2, 0.25) is 0 Å². The Kier molecular flexibility index (Phi) is 2.64. The number of benzene rings is 1. The molecular formula is C15H15N3. The molecule has 3 nitrogen and oxygen atoms in total. The van der Waals surface area contributed by atoms with E-state index >= 15 is 0 Å². The average Bonchev–Trinajstić information content (AvgIpc) is 2.86. The molecule has 2 aromatic rings. The van der Waals surface area contributed by atoms with Gasteiger partial charge in [-0.1, -0.05) is 12.1 Å². The third-order valence-corrected chi connectivity index (χ3v) is 3.77. The highest BCUT2D eigenvalue weighted by atomic mass is 15.1. The van der Waals surface area contributed by atoms with Gasteiger partial charge in [-0.15, -0.1) is 0 Å². The van der Waals surface area contributed by atoms with Crippen LogP contribution in [0.4, 0.5) is 0 Å². The summed E-state index contributed by atoms with van der Waals surface area (Å²) in [4.78, 5) is 4.25. The van der Waals surface area contributed by atoms with Gasteiger partial charge >= 0.3 is 0 Å². The van der Waals surface area contributed by atoms with Crippen LogP contribution in [0.15, 0.2) is 30.7 Å². The van der Waals surface area contributed by atoms with E-state index in [0.29, 0.717) is 5.92 Å². The molecule has 0 fully saturated rings. The summed E-state index contributed by atoms with van der Waals surface area (Å²) in [5, 5.41) is 8.98. The highest BCUT2D eigenvalue weighted by Gasteiger charge is 2.22. The topological polar surface area (TPSA) is 41.6 Å². The Balaban J connectivity index is 2.03. The van der Waals surface area contributed by atoms with Crippen molar-refractivity contribution < 1.29 is 0 Å². The summed E-state index contributed by atoms with van der Waals surface area (Å²) in [6.45, 7) is 3.07. The van der Waals surface area contributed by atoms with E-state index in [2.05, 4.69) is 27.8 Å². The third-order valence-electron chi connectivity index (χ3n) is 3.77. The molecule has 0 spiro atoms. The molecule has 0 saturated carbocycles. The van der Waals surface area contributed by atoms with E-state index in [1.807, 2.05) is 25.5 Å². The molecule has 3 rings (SSSR count). The molecule has 1 aliphatic heterocycles. The number of hydrogen-bond acceptors (Lipinski definition) is 2. The van der Waals surface area contributed by atoms with Crippen LogP contribution in [0.25, 0.3) is 0 Å². The van der Waals surface area contributed by atoms with Crippen LogP contribution in [0.2, 0.25) is 0 Å². The van der Waals surface area contributed by atoms with Gasteiger partial charge < -0.3 is 4.57 Å². The Morgan fingerprint density at radius 3 is 3.11 bits per heavy atom. The van der Waals surface area contributed by atoms with Crippen LogP contribution in [0.3, 0.4) is 0 Å². The molecule has 2 heterocycles. The zero-order valence-electron chi connectivity index (χ0n) is 10.4. The van der Waals surface area contributed by atoms with E-state index in [4.69, 9.17) is 5.26 Å². The van der Waals surface area contributed by atoms with Gasteiger partial charge in [0, 0.05) is 24.4 Å². The number of nitrogens with zero attached hydrogens (tertiary/aromatic N) is 3. The van der Waals surface area contributed by atoms with E-state index in [0.717, 1.165) is 24.1 Å². The first-order valence-corrected chi connectivity index (χ1v) is 6.30. The summed E-state index contributed by atoms with van der Waals surface area (Å²) in [5.74, 6) is 0.424. The number of hydrogen-bond donors (Lipinski definition) is 0. The maximum Gasteiger partial charge on any atom is 0.0994 e. The van der Waals surface area contributed by atoms with Gasteiger partial charge in [-0.3, -0.25) is 0 Å². The Morgan fingerprint density at radius 1 is 1.44 bits per heavy atom. The molecule has 18 heavy (non-hydrogen) atoms. The van der Waals surface area contributed by atoms with Crippen molar-refractivity contribution >= 4 is 0 Å². The first-order valence-electron chi connectivity index (χ1n) is 6.30. The van der Waals surface area contributed by atoms with Crippen molar-refractivity contribution in [3.05, 3.63) is 53.1 Å². The fourth-order valence-corrected chi connectivity index (χ4v) is 2.79. The number of fused-ring (bicyclic) bond motifs is 1. The first kappa shape index (κ1) is 11.0. The predicted octanol–water partition coefficient (Wildman–Crippen LogP) is 2.99. The van der Waals surface area contributed by atoms with E-state index < -0.39 is 0 Å². The van der Waals surface area contributed by atoms with Gasteiger partial charge in [0.25, 0.3) is 0 Å². The van der Waals surface area contributed by atoms with Gasteiger partial charge in [-0.2, -0.15) is 5.26 Å². The molecule has 0 amide bonds.